The van der Waals surface area contributed by atoms with Crippen LogP contribution in [-0.2, 0) is 22.4 Å². The van der Waals surface area contributed by atoms with Crippen molar-refractivity contribution in [1.82, 2.24) is 9.80 Å². The summed E-state index contributed by atoms with van der Waals surface area (Å²) in [5.41, 5.74) is 4.50. The summed E-state index contributed by atoms with van der Waals surface area (Å²) in [6, 6.07) is 11.4. The first kappa shape index (κ1) is 25.3. The number of para-hydroxylation sites is 1. The third-order valence-corrected chi connectivity index (χ3v) is 6.97. The lowest BCUT2D eigenvalue weighted by Gasteiger charge is -2.37. The number of hydrogen-bond donors (Lipinski definition) is 2. The van der Waals surface area contributed by atoms with Crippen LogP contribution in [0.1, 0.15) is 35.1 Å². The lowest BCUT2D eigenvalue weighted by atomic mass is 10.0. The highest BCUT2D eigenvalue weighted by Gasteiger charge is 2.33. The molecule has 0 saturated carbocycles. The van der Waals surface area contributed by atoms with Crippen LogP contribution in [0.5, 0.6) is 5.75 Å². The Morgan fingerprint density at radius 2 is 1.78 bits per heavy atom. The Morgan fingerprint density at radius 3 is 2.42 bits per heavy atom. The number of nitrogens with zero attached hydrogens (tertiary/aromatic N) is 2. The zero-order chi connectivity index (χ0) is 25.8. The molecule has 9 nitrogen and oxygen atoms in total. The summed E-state index contributed by atoms with van der Waals surface area (Å²) in [5.74, 6) is -0.433. The fourth-order valence-corrected chi connectivity index (χ4v) is 5.17. The molecule has 2 aliphatic heterocycles. The number of piperidine rings is 1. The molecule has 0 aliphatic carbocycles. The van der Waals surface area contributed by atoms with Crippen LogP contribution in [0.25, 0.3) is 0 Å². The molecule has 2 N–H and O–H groups in total. The number of methoxy groups -OCH3 is 1. The lowest BCUT2D eigenvalue weighted by molar-refractivity contribution is -0.147. The van der Waals surface area contributed by atoms with Crippen molar-refractivity contribution in [3.63, 3.8) is 0 Å². The molecule has 1 saturated heterocycles. The van der Waals surface area contributed by atoms with Gasteiger partial charge in [-0.3, -0.25) is 0 Å². The van der Waals surface area contributed by atoms with Crippen molar-refractivity contribution >= 4 is 23.8 Å². The molecule has 1 unspecified atom stereocenters. The van der Waals surface area contributed by atoms with E-state index >= 15 is 0 Å². The number of likely N-dealkylation sites (tertiary alicyclic amines) is 1. The van der Waals surface area contributed by atoms with Crippen LogP contribution >= 0.6 is 0 Å². The molecule has 0 radical (unpaired) electrons. The summed E-state index contributed by atoms with van der Waals surface area (Å²) in [5, 5.41) is 12.7. The van der Waals surface area contributed by atoms with Crippen molar-refractivity contribution < 1.29 is 29.0 Å². The molecule has 9 heteroatoms. The number of aliphatic carboxylic acids is 1. The smallest absolute Gasteiger partial charge is 0.410 e. The number of nitrogens with one attached hydrogen (secondary N) is 1. The van der Waals surface area contributed by atoms with Gasteiger partial charge in [-0.15, -0.1) is 0 Å². The van der Waals surface area contributed by atoms with Crippen molar-refractivity contribution in [2.24, 2.45) is 0 Å². The zero-order valence-electron chi connectivity index (χ0n) is 21.0. The number of carboxylic acid groups (broad SMARTS) is 1. The summed E-state index contributed by atoms with van der Waals surface area (Å²) in [4.78, 5) is 40.9. The van der Waals surface area contributed by atoms with Gasteiger partial charge in [-0.2, -0.15) is 0 Å². The first-order valence-electron chi connectivity index (χ1n) is 12.2. The largest absolute Gasteiger partial charge is 0.496 e. The van der Waals surface area contributed by atoms with Crippen LogP contribution in [0.2, 0.25) is 0 Å². The molecule has 2 aromatic rings. The molecular formula is C27H33N3O6. The minimum absolute atomic E-state index is 0.00359. The average Bonchev–Trinajstić information content (AvgIpc) is 3.01. The number of rotatable bonds is 6. The maximum Gasteiger partial charge on any atom is 0.410 e. The summed E-state index contributed by atoms with van der Waals surface area (Å²) in [6.45, 7) is 5.19. The third-order valence-electron chi connectivity index (χ3n) is 6.97. The Balaban J connectivity index is 1.33. The highest BCUT2D eigenvalue weighted by molar-refractivity contribution is 5.91. The van der Waals surface area contributed by atoms with E-state index in [-0.39, 0.29) is 18.5 Å². The van der Waals surface area contributed by atoms with Gasteiger partial charge in [-0.05, 0) is 61.4 Å². The molecule has 192 valence electrons. The standard InChI is InChI=1S/C27H33N3O6/c1-17-14-19(15-18(2)24(17)35-3)16-23(25(31)32)36-27(34)29-11-9-21(10-12-29)30-13-8-20-6-4-5-7-22(20)28-26(30)33/h4-7,14-15,21,23H,8-13,16H2,1-3H3,(H,28,33)(H,31,32). The van der Waals surface area contributed by atoms with E-state index in [1.54, 1.807) is 7.11 Å². The van der Waals surface area contributed by atoms with E-state index in [0.29, 0.717) is 32.5 Å². The first-order valence-corrected chi connectivity index (χ1v) is 12.2. The number of carbonyl (C=O) groups excluding carboxylic acids is 2. The second-order valence-electron chi connectivity index (χ2n) is 9.43. The van der Waals surface area contributed by atoms with Crippen LogP contribution in [0, 0.1) is 13.8 Å². The fourth-order valence-electron chi connectivity index (χ4n) is 5.17. The first-order chi connectivity index (χ1) is 17.3. The van der Waals surface area contributed by atoms with Crippen LogP contribution in [0.15, 0.2) is 36.4 Å². The Labute approximate surface area is 211 Å². The Morgan fingerprint density at radius 1 is 1.11 bits per heavy atom. The minimum Gasteiger partial charge on any atom is -0.496 e. The molecule has 0 spiro atoms. The van der Waals surface area contributed by atoms with Gasteiger partial charge in [0, 0.05) is 37.8 Å². The molecule has 1 fully saturated rings. The van der Waals surface area contributed by atoms with Gasteiger partial charge in [0.05, 0.1) is 7.11 Å². The molecule has 0 aromatic heterocycles. The Bertz CT molecular complexity index is 1120. The zero-order valence-corrected chi connectivity index (χ0v) is 21.0. The van der Waals surface area contributed by atoms with Crippen LogP contribution < -0.4 is 10.1 Å². The van der Waals surface area contributed by atoms with Crippen LogP contribution in [0.3, 0.4) is 0 Å². The van der Waals surface area contributed by atoms with E-state index in [2.05, 4.69) is 5.32 Å². The molecule has 0 bridgehead atoms. The maximum atomic E-state index is 12.8. The molecule has 2 aromatic carbocycles. The molecule has 36 heavy (non-hydrogen) atoms. The summed E-state index contributed by atoms with van der Waals surface area (Å²) >= 11 is 0. The van der Waals surface area contributed by atoms with Crippen molar-refractivity contribution in [2.45, 2.75) is 51.7 Å². The molecule has 3 amide bonds. The number of ether oxygens (including phenoxy) is 2. The number of anilines is 1. The maximum absolute atomic E-state index is 12.8. The number of benzene rings is 2. The van der Waals surface area contributed by atoms with Crippen LogP contribution in [-0.4, -0.2) is 71.9 Å². The van der Waals surface area contributed by atoms with Gasteiger partial charge < -0.3 is 29.7 Å². The predicted molar refractivity (Wildman–Crippen MR) is 135 cm³/mol. The number of hydrogen-bond acceptors (Lipinski definition) is 5. The number of aryl methyl sites for hydroxylation is 2. The number of fused-ring (bicyclic) bond motifs is 1. The third kappa shape index (κ3) is 5.56. The minimum atomic E-state index is -1.29. The number of carboxylic acids is 1. The fraction of sp³-hybridized carbons (Fsp3) is 0.444. The van der Waals surface area contributed by atoms with E-state index in [9.17, 15) is 19.5 Å². The van der Waals surface area contributed by atoms with E-state index in [4.69, 9.17) is 9.47 Å². The second-order valence-corrected chi connectivity index (χ2v) is 9.43. The van der Waals surface area contributed by atoms with Gasteiger partial charge in [-0.25, -0.2) is 14.4 Å². The van der Waals surface area contributed by atoms with Crippen LogP contribution in [0.4, 0.5) is 15.3 Å². The van der Waals surface area contributed by atoms with E-state index < -0.39 is 18.2 Å². The normalized spacial score (nSPS) is 17.0. The van der Waals surface area contributed by atoms with Crippen molar-refractivity contribution in [3.05, 3.63) is 58.7 Å². The molecule has 1 atom stereocenters. The van der Waals surface area contributed by atoms with Crippen molar-refractivity contribution in [1.29, 1.82) is 0 Å². The van der Waals surface area contributed by atoms with Gasteiger partial charge in [0.1, 0.15) is 5.75 Å². The van der Waals surface area contributed by atoms with Gasteiger partial charge in [0.25, 0.3) is 0 Å². The molecular weight excluding hydrogens is 462 g/mol. The van der Waals surface area contributed by atoms with Crippen molar-refractivity contribution in [2.75, 3.05) is 32.1 Å². The Kier molecular flexibility index (Phi) is 7.67. The van der Waals surface area contributed by atoms with E-state index in [0.717, 1.165) is 40.1 Å². The second kappa shape index (κ2) is 10.9. The quantitative estimate of drug-likeness (QED) is 0.627. The van der Waals surface area contributed by atoms with Gasteiger partial charge in [0.15, 0.2) is 0 Å². The topological polar surface area (TPSA) is 108 Å². The van der Waals surface area contributed by atoms with Gasteiger partial charge in [-0.1, -0.05) is 30.3 Å². The average molecular weight is 496 g/mol. The molecule has 2 aliphatic rings. The molecule has 4 rings (SSSR count). The lowest BCUT2D eigenvalue weighted by Crippen LogP contribution is -2.50. The predicted octanol–water partition coefficient (Wildman–Crippen LogP) is 4.00. The summed E-state index contributed by atoms with van der Waals surface area (Å²) in [7, 11) is 1.60. The molecule has 2 heterocycles. The van der Waals surface area contributed by atoms with Gasteiger partial charge in [0.2, 0.25) is 6.10 Å². The van der Waals surface area contributed by atoms with E-state index in [1.807, 2.05) is 55.1 Å². The van der Waals surface area contributed by atoms with Gasteiger partial charge >= 0.3 is 18.1 Å². The number of amides is 3. The summed E-state index contributed by atoms with van der Waals surface area (Å²) in [6.07, 6.45) is 0.105. The summed E-state index contributed by atoms with van der Waals surface area (Å²) < 4.78 is 10.8. The number of urea groups is 1. The Hall–Kier alpha value is -3.75. The van der Waals surface area contributed by atoms with E-state index in [1.165, 1.54) is 4.90 Å². The number of carbonyl (C=O) groups is 3. The highest BCUT2D eigenvalue weighted by Crippen LogP contribution is 2.27. The highest BCUT2D eigenvalue weighted by atomic mass is 16.6. The SMILES string of the molecule is COc1c(C)cc(CC(OC(=O)N2CCC(N3CCc4ccccc4NC3=O)CC2)C(=O)O)cc1C. The van der Waals surface area contributed by atoms with Crippen molar-refractivity contribution in [3.8, 4) is 5.75 Å². The monoisotopic (exact) mass is 495 g/mol.